The van der Waals surface area contributed by atoms with Crippen molar-refractivity contribution in [1.82, 2.24) is 15.3 Å². The Labute approximate surface area is 134 Å². The van der Waals surface area contributed by atoms with Gasteiger partial charge in [0.15, 0.2) is 5.78 Å². The van der Waals surface area contributed by atoms with Crippen molar-refractivity contribution in [3.8, 4) is 0 Å². The van der Waals surface area contributed by atoms with E-state index >= 15 is 0 Å². The molecular weight excluding hydrogens is 294 g/mol. The molecule has 0 radical (unpaired) electrons. The molecule has 23 heavy (non-hydrogen) atoms. The number of aromatic amines is 1. The summed E-state index contributed by atoms with van der Waals surface area (Å²) < 4.78 is 4.80. The molecule has 1 aromatic carbocycles. The van der Waals surface area contributed by atoms with Crippen molar-refractivity contribution in [1.29, 1.82) is 0 Å². The Kier molecular flexibility index (Phi) is 5.68. The van der Waals surface area contributed by atoms with Crippen LogP contribution in [0, 0.1) is 0 Å². The molecule has 2 N–H and O–H groups in total. The molecule has 0 spiro atoms. The van der Waals surface area contributed by atoms with E-state index in [-0.39, 0.29) is 5.78 Å². The number of nitrogens with zero attached hydrogens (tertiary/aromatic N) is 1. The maximum atomic E-state index is 12.1. The van der Waals surface area contributed by atoms with Gasteiger partial charge in [-0.05, 0) is 6.92 Å². The Hall–Kier alpha value is -2.89. The van der Waals surface area contributed by atoms with Crippen LogP contribution in [0.5, 0.6) is 0 Å². The fourth-order valence-corrected chi connectivity index (χ4v) is 2.15. The van der Waals surface area contributed by atoms with Gasteiger partial charge in [-0.3, -0.25) is 4.79 Å². The van der Waals surface area contributed by atoms with Gasteiger partial charge in [0.2, 0.25) is 0 Å². The molecule has 0 fully saturated rings. The Morgan fingerprint density at radius 3 is 2.70 bits per heavy atom. The zero-order valence-corrected chi connectivity index (χ0v) is 13.1. The van der Waals surface area contributed by atoms with Crippen LogP contribution in [-0.2, 0) is 16.0 Å². The monoisotopic (exact) mass is 313 g/mol. The second-order valence-corrected chi connectivity index (χ2v) is 5.06. The highest BCUT2D eigenvalue weighted by Gasteiger charge is 2.20. The summed E-state index contributed by atoms with van der Waals surface area (Å²) in [6, 6.07) is 8.35. The van der Waals surface area contributed by atoms with E-state index in [2.05, 4.69) is 15.3 Å². The summed E-state index contributed by atoms with van der Waals surface area (Å²) in [6.45, 7) is 1.74. The summed E-state index contributed by atoms with van der Waals surface area (Å²) in [4.78, 5) is 30.9. The minimum absolute atomic E-state index is 0.124. The van der Waals surface area contributed by atoms with Crippen LogP contribution >= 0.6 is 0 Å². The molecule has 0 aliphatic heterocycles. The molecular formula is C17H19N3O3. The van der Waals surface area contributed by atoms with Gasteiger partial charge in [0, 0.05) is 35.6 Å². The molecule has 0 amide bonds. The maximum Gasteiger partial charge on any atom is 0.328 e. The smallest absolute Gasteiger partial charge is 0.328 e. The number of aromatic nitrogens is 2. The number of rotatable bonds is 7. The molecule has 120 valence electrons. The number of hydrogen-bond acceptors (Lipinski definition) is 5. The minimum atomic E-state index is -0.597. The fourth-order valence-electron chi connectivity index (χ4n) is 2.15. The second-order valence-electron chi connectivity index (χ2n) is 5.06. The third kappa shape index (κ3) is 4.81. The van der Waals surface area contributed by atoms with Gasteiger partial charge in [-0.15, -0.1) is 0 Å². The van der Waals surface area contributed by atoms with Crippen molar-refractivity contribution >= 4 is 11.8 Å². The van der Waals surface area contributed by atoms with E-state index in [0.717, 1.165) is 5.69 Å². The number of ether oxygens (including phenoxy) is 1. The minimum Gasteiger partial charge on any atom is -0.467 e. The lowest BCUT2D eigenvalue weighted by molar-refractivity contribution is -0.142. The number of benzene rings is 1. The van der Waals surface area contributed by atoms with E-state index in [1.165, 1.54) is 13.2 Å². The van der Waals surface area contributed by atoms with Crippen molar-refractivity contribution in [3.05, 3.63) is 65.9 Å². The van der Waals surface area contributed by atoms with Crippen LogP contribution in [0.15, 0.2) is 54.6 Å². The van der Waals surface area contributed by atoms with Gasteiger partial charge in [-0.2, -0.15) is 0 Å². The molecule has 1 aromatic heterocycles. The lowest BCUT2D eigenvalue weighted by Crippen LogP contribution is -2.38. The molecule has 2 rings (SSSR count). The second kappa shape index (κ2) is 7.93. The quantitative estimate of drug-likeness (QED) is 0.463. The zero-order valence-electron chi connectivity index (χ0n) is 13.1. The van der Waals surface area contributed by atoms with Crippen molar-refractivity contribution in [2.45, 2.75) is 19.4 Å². The molecule has 1 atom stereocenters. The first kappa shape index (κ1) is 16.5. The summed E-state index contributed by atoms with van der Waals surface area (Å²) >= 11 is 0. The molecule has 0 aliphatic carbocycles. The fraction of sp³-hybridized carbons (Fsp3) is 0.235. The van der Waals surface area contributed by atoms with Crippen LogP contribution in [0.4, 0.5) is 0 Å². The maximum absolute atomic E-state index is 12.1. The highest BCUT2D eigenvalue weighted by atomic mass is 16.5. The number of H-pyrrole nitrogens is 1. The van der Waals surface area contributed by atoms with Crippen molar-refractivity contribution < 1.29 is 14.3 Å². The number of hydrogen-bond donors (Lipinski definition) is 2. The largest absolute Gasteiger partial charge is 0.467 e. The van der Waals surface area contributed by atoms with E-state index in [1.807, 2.05) is 6.07 Å². The van der Waals surface area contributed by atoms with Gasteiger partial charge in [0.1, 0.15) is 6.04 Å². The number of esters is 1. The van der Waals surface area contributed by atoms with E-state index in [9.17, 15) is 9.59 Å². The normalized spacial score (nSPS) is 12.5. The summed E-state index contributed by atoms with van der Waals surface area (Å²) in [6.07, 6.45) is 5.05. The molecule has 1 heterocycles. The Morgan fingerprint density at radius 1 is 1.35 bits per heavy atom. The molecule has 0 unspecified atom stereocenters. The van der Waals surface area contributed by atoms with Crippen LogP contribution in [0.2, 0.25) is 0 Å². The van der Waals surface area contributed by atoms with Crippen LogP contribution in [0.1, 0.15) is 23.0 Å². The van der Waals surface area contributed by atoms with Gasteiger partial charge in [0.05, 0.1) is 13.4 Å². The Morgan fingerprint density at radius 2 is 2.09 bits per heavy atom. The van der Waals surface area contributed by atoms with Crippen LogP contribution in [0.3, 0.4) is 0 Å². The topological polar surface area (TPSA) is 84.1 Å². The number of allylic oxidation sites excluding steroid dienone is 2. The predicted octanol–water partition coefficient (Wildman–Crippen LogP) is 1.87. The average molecular weight is 313 g/mol. The first-order chi connectivity index (χ1) is 11.1. The SMILES string of the molecule is COC(=O)[C@H](Cc1cnc[nH]1)N/C(C)=C/C(=O)c1ccccc1. The van der Waals surface area contributed by atoms with E-state index < -0.39 is 12.0 Å². The number of carbonyl (C=O) groups is 2. The van der Waals surface area contributed by atoms with Crippen LogP contribution in [-0.4, -0.2) is 34.9 Å². The third-order valence-electron chi connectivity index (χ3n) is 3.27. The highest BCUT2D eigenvalue weighted by molar-refractivity contribution is 6.04. The van der Waals surface area contributed by atoms with Gasteiger partial charge in [0.25, 0.3) is 0 Å². The van der Waals surface area contributed by atoms with Crippen molar-refractivity contribution in [2.24, 2.45) is 0 Å². The lowest BCUT2D eigenvalue weighted by Gasteiger charge is -2.17. The number of ketones is 1. The first-order valence-electron chi connectivity index (χ1n) is 7.19. The standard InChI is InChI=1S/C17H19N3O3/c1-12(8-16(21)13-6-4-3-5-7-13)20-15(17(22)23-2)9-14-10-18-11-19-14/h3-8,10-11,15,20H,9H2,1-2H3,(H,18,19)/b12-8+/t15-/m0/s1. The van der Waals surface area contributed by atoms with Gasteiger partial charge in [-0.25, -0.2) is 9.78 Å². The number of carbonyl (C=O) groups excluding carboxylic acids is 2. The van der Waals surface area contributed by atoms with Crippen LogP contribution in [0.25, 0.3) is 0 Å². The molecule has 2 aromatic rings. The van der Waals surface area contributed by atoms with E-state index in [1.54, 1.807) is 43.7 Å². The van der Waals surface area contributed by atoms with Crippen LogP contribution < -0.4 is 5.32 Å². The first-order valence-corrected chi connectivity index (χ1v) is 7.19. The molecule has 0 aliphatic rings. The third-order valence-corrected chi connectivity index (χ3v) is 3.27. The molecule has 6 heteroatoms. The van der Waals surface area contributed by atoms with E-state index in [4.69, 9.17) is 4.74 Å². The summed E-state index contributed by atoms with van der Waals surface area (Å²) in [5, 5.41) is 3.02. The Balaban J connectivity index is 2.07. The zero-order chi connectivity index (χ0) is 16.7. The molecule has 0 bridgehead atoms. The van der Waals surface area contributed by atoms with E-state index in [0.29, 0.717) is 17.7 Å². The van der Waals surface area contributed by atoms with Gasteiger partial charge in [-0.1, -0.05) is 30.3 Å². The summed E-state index contributed by atoms with van der Waals surface area (Å²) in [5.74, 6) is -0.528. The van der Waals surface area contributed by atoms with Gasteiger partial charge < -0.3 is 15.0 Å². The average Bonchev–Trinajstić information content (AvgIpc) is 3.07. The van der Waals surface area contributed by atoms with Gasteiger partial charge >= 0.3 is 5.97 Å². The predicted molar refractivity (Wildman–Crippen MR) is 85.8 cm³/mol. The van der Waals surface area contributed by atoms with Crippen molar-refractivity contribution in [3.63, 3.8) is 0 Å². The number of nitrogens with one attached hydrogen (secondary N) is 2. The lowest BCUT2D eigenvalue weighted by atomic mass is 10.1. The number of imidazole rings is 1. The molecule has 0 saturated carbocycles. The Bertz CT molecular complexity index is 678. The summed E-state index contributed by atoms with van der Waals surface area (Å²) in [5.41, 5.74) is 1.99. The summed E-state index contributed by atoms with van der Waals surface area (Å²) in [7, 11) is 1.33. The highest BCUT2D eigenvalue weighted by Crippen LogP contribution is 2.06. The molecule has 0 saturated heterocycles. The van der Waals surface area contributed by atoms with Crippen molar-refractivity contribution in [2.75, 3.05) is 7.11 Å². The molecule has 6 nitrogen and oxygen atoms in total. The number of methoxy groups -OCH3 is 1.